The van der Waals surface area contributed by atoms with Crippen LogP contribution in [0.3, 0.4) is 0 Å². The zero-order valence-corrected chi connectivity index (χ0v) is 11.6. The van der Waals surface area contributed by atoms with E-state index in [9.17, 15) is 9.90 Å². The van der Waals surface area contributed by atoms with E-state index in [-0.39, 0.29) is 11.7 Å². The maximum absolute atomic E-state index is 12.2. The minimum Gasteiger partial charge on any atom is -0.507 e. The Hall–Kier alpha value is -2.59. The summed E-state index contributed by atoms with van der Waals surface area (Å²) >= 11 is 5.70. The Morgan fingerprint density at radius 2 is 1.81 bits per heavy atom. The lowest BCUT2D eigenvalue weighted by molar-refractivity contribution is 0.102. The lowest BCUT2D eigenvalue weighted by atomic mass is 10.1. The SMILES string of the molecule is O=C(Nc1cccc2c(O)cccc12)c1ccc(Cl)nc1. The molecule has 1 heterocycles. The van der Waals surface area contributed by atoms with Crippen LogP contribution in [0.2, 0.25) is 5.15 Å². The van der Waals surface area contributed by atoms with E-state index in [0.29, 0.717) is 21.8 Å². The number of phenols is 1. The van der Waals surface area contributed by atoms with E-state index in [0.717, 1.165) is 5.39 Å². The van der Waals surface area contributed by atoms with Crippen molar-refractivity contribution in [2.75, 3.05) is 5.32 Å². The lowest BCUT2D eigenvalue weighted by Gasteiger charge is -2.09. The molecule has 21 heavy (non-hydrogen) atoms. The Kier molecular flexibility index (Phi) is 3.46. The van der Waals surface area contributed by atoms with Crippen LogP contribution in [0.25, 0.3) is 10.8 Å². The standard InChI is InChI=1S/C16H11ClN2O2/c17-15-8-7-10(9-18-15)16(21)19-13-5-1-4-12-11(13)3-2-6-14(12)20/h1-9,20H,(H,19,21). The van der Waals surface area contributed by atoms with Crippen molar-refractivity contribution in [3.05, 3.63) is 65.4 Å². The summed E-state index contributed by atoms with van der Waals surface area (Å²) in [6.45, 7) is 0. The third-order valence-electron chi connectivity index (χ3n) is 3.14. The largest absolute Gasteiger partial charge is 0.507 e. The van der Waals surface area contributed by atoms with Crippen molar-refractivity contribution in [2.45, 2.75) is 0 Å². The number of anilines is 1. The number of amides is 1. The molecule has 1 amide bonds. The maximum atomic E-state index is 12.2. The summed E-state index contributed by atoms with van der Waals surface area (Å²) < 4.78 is 0. The third kappa shape index (κ3) is 2.66. The molecule has 3 rings (SSSR count). The second-order valence-electron chi connectivity index (χ2n) is 4.50. The average Bonchev–Trinajstić information content (AvgIpc) is 2.49. The van der Waals surface area contributed by atoms with Crippen LogP contribution < -0.4 is 5.32 Å². The molecular formula is C16H11ClN2O2. The van der Waals surface area contributed by atoms with Crippen molar-refractivity contribution in [1.82, 2.24) is 4.98 Å². The van der Waals surface area contributed by atoms with E-state index in [4.69, 9.17) is 11.6 Å². The number of phenolic OH excluding ortho intramolecular Hbond substituents is 1. The summed E-state index contributed by atoms with van der Waals surface area (Å²) in [6, 6.07) is 13.7. The number of carbonyl (C=O) groups is 1. The number of hydrogen-bond donors (Lipinski definition) is 2. The predicted molar refractivity (Wildman–Crippen MR) is 82.8 cm³/mol. The van der Waals surface area contributed by atoms with Crippen molar-refractivity contribution >= 4 is 34.0 Å². The van der Waals surface area contributed by atoms with Crippen LogP contribution in [0, 0.1) is 0 Å². The highest BCUT2D eigenvalue weighted by Gasteiger charge is 2.09. The van der Waals surface area contributed by atoms with E-state index < -0.39 is 0 Å². The second-order valence-corrected chi connectivity index (χ2v) is 4.89. The molecule has 0 aliphatic carbocycles. The molecule has 0 atom stereocenters. The molecule has 0 spiro atoms. The number of pyridine rings is 1. The van der Waals surface area contributed by atoms with E-state index >= 15 is 0 Å². The van der Waals surface area contributed by atoms with Crippen molar-refractivity contribution in [2.24, 2.45) is 0 Å². The molecule has 2 N–H and O–H groups in total. The summed E-state index contributed by atoms with van der Waals surface area (Å²) in [5, 5.41) is 14.4. The maximum Gasteiger partial charge on any atom is 0.257 e. The minimum atomic E-state index is -0.282. The van der Waals surface area contributed by atoms with E-state index in [2.05, 4.69) is 10.3 Å². The van der Waals surface area contributed by atoms with Gasteiger partial charge >= 0.3 is 0 Å². The van der Waals surface area contributed by atoms with E-state index in [1.165, 1.54) is 6.20 Å². The molecule has 0 radical (unpaired) electrons. The number of fused-ring (bicyclic) bond motifs is 1. The first kappa shape index (κ1) is 13.4. The van der Waals surface area contributed by atoms with Gasteiger partial charge in [0, 0.05) is 22.7 Å². The Morgan fingerprint density at radius 3 is 2.57 bits per heavy atom. The van der Waals surface area contributed by atoms with Gasteiger partial charge < -0.3 is 10.4 Å². The molecule has 2 aromatic carbocycles. The van der Waals surface area contributed by atoms with Gasteiger partial charge in [-0.25, -0.2) is 4.98 Å². The minimum absolute atomic E-state index is 0.178. The smallest absolute Gasteiger partial charge is 0.257 e. The van der Waals surface area contributed by atoms with Gasteiger partial charge in [0.25, 0.3) is 5.91 Å². The molecule has 0 aliphatic heterocycles. The fourth-order valence-electron chi connectivity index (χ4n) is 2.11. The molecule has 0 unspecified atom stereocenters. The highest BCUT2D eigenvalue weighted by Crippen LogP contribution is 2.29. The van der Waals surface area contributed by atoms with Crippen LogP contribution in [-0.4, -0.2) is 16.0 Å². The first-order chi connectivity index (χ1) is 10.1. The molecule has 0 saturated carbocycles. The monoisotopic (exact) mass is 298 g/mol. The second kappa shape index (κ2) is 5.42. The fraction of sp³-hybridized carbons (Fsp3) is 0. The summed E-state index contributed by atoms with van der Waals surface area (Å²) in [5.41, 5.74) is 1.04. The molecule has 5 heteroatoms. The van der Waals surface area contributed by atoms with Crippen LogP contribution >= 0.6 is 11.6 Å². The summed E-state index contributed by atoms with van der Waals surface area (Å²) in [5.74, 6) is -0.105. The molecule has 0 aliphatic rings. The molecule has 3 aromatic rings. The molecular weight excluding hydrogens is 288 g/mol. The van der Waals surface area contributed by atoms with Crippen molar-refractivity contribution in [1.29, 1.82) is 0 Å². The van der Waals surface area contributed by atoms with Crippen LogP contribution in [0.5, 0.6) is 5.75 Å². The normalized spacial score (nSPS) is 10.5. The Bertz CT molecular complexity index is 816. The number of aromatic hydroxyl groups is 1. The van der Waals surface area contributed by atoms with Crippen molar-refractivity contribution < 1.29 is 9.90 Å². The third-order valence-corrected chi connectivity index (χ3v) is 3.36. The summed E-state index contributed by atoms with van der Waals surface area (Å²) in [7, 11) is 0. The van der Waals surface area contributed by atoms with E-state index in [1.807, 2.05) is 6.07 Å². The van der Waals surface area contributed by atoms with Crippen molar-refractivity contribution in [3.8, 4) is 5.75 Å². The van der Waals surface area contributed by atoms with Gasteiger partial charge in [-0.05, 0) is 24.3 Å². The number of aromatic nitrogens is 1. The fourth-order valence-corrected chi connectivity index (χ4v) is 2.22. The zero-order valence-electron chi connectivity index (χ0n) is 10.9. The first-order valence-electron chi connectivity index (χ1n) is 6.29. The summed E-state index contributed by atoms with van der Waals surface area (Å²) in [4.78, 5) is 16.1. The van der Waals surface area contributed by atoms with Gasteiger partial charge in [-0.1, -0.05) is 35.9 Å². The molecule has 0 saturated heterocycles. The predicted octanol–water partition coefficient (Wildman–Crippen LogP) is 3.85. The highest BCUT2D eigenvalue weighted by molar-refractivity contribution is 6.29. The van der Waals surface area contributed by atoms with Crippen molar-refractivity contribution in [3.63, 3.8) is 0 Å². The molecule has 0 bridgehead atoms. The van der Waals surface area contributed by atoms with Gasteiger partial charge in [-0.2, -0.15) is 0 Å². The van der Waals surface area contributed by atoms with Crippen LogP contribution in [0.4, 0.5) is 5.69 Å². The number of carbonyl (C=O) groups excluding carboxylic acids is 1. The Morgan fingerprint density at radius 1 is 1.05 bits per heavy atom. The molecule has 1 aromatic heterocycles. The van der Waals surface area contributed by atoms with Crippen LogP contribution in [-0.2, 0) is 0 Å². The molecule has 4 nitrogen and oxygen atoms in total. The van der Waals surface area contributed by atoms with Gasteiger partial charge in [0.1, 0.15) is 10.9 Å². The zero-order chi connectivity index (χ0) is 14.8. The quantitative estimate of drug-likeness (QED) is 0.706. The molecule has 104 valence electrons. The average molecular weight is 299 g/mol. The number of benzene rings is 2. The molecule has 0 fully saturated rings. The van der Waals surface area contributed by atoms with Gasteiger partial charge in [-0.3, -0.25) is 4.79 Å². The Labute approximate surface area is 126 Å². The van der Waals surface area contributed by atoms with Gasteiger partial charge in [0.15, 0.2) is 0 Å². The van der Waals surface area contributed by atoms with Gasteiger partial charge in [0.2, 0.25) is 0 Å². The Balaban J connectivity index is 1.96. The highest BCUT2D eigenvalue weighted by atomic mass is 35.5. The van der Waals surface area contributed by atoms with Gasteiger partial charge in [0.05, 0.1) is 5.56 Å². The summed E-state index contributed by atoms with van der Waals surface area (Å²) in [6.07, 6.45) is 1.42. The van der Waals surface area contributed by atoms with Gasteiger partial charge in [-0.15, -0.1) is 0 Å². The number of hydrogen-bond acceptors (Lipinski definition) is 3. The van der Waals surface area contributed by atoms with E-state index in [1.54, 1.807) is 42.5 Å². The number of nitrogens with zero attached hydrogens (tertiary/aromatic N) is 1. The van der Waals surface area contributed by atoms with Crippen LogP contribution in [0.15, 0.2) is 54.7 Å². The number of halogens is 1. The first-order valence-corrected chi connectivity index (χ1v) is 6.66. The topological polar surface area (TPSA) is 62.2 Å². The van der Waals surface area contributed by atoms with Crippen LogP contribution in [0.1, 0.15) is 10.4 Å². The number of nitrogens with one attached hydrogen (secondary N) is 1. The number of rotatable bonds is 2. The lowest BCUT2D eigenvalue weighted by Crippen LogP contribution is -2.12.